The molecule has 3 heterocycles. The molecule has 3 unspecified atom stereocenters. The number of carbonyl (C=O) groups is 3. The van der Waals surface area contributed by atoms with Crippen LogP contribution in [-0.4, -0.2) is 95.1 Å². The minimum atomic E-state index is -0.884. The van der Waals surface area contributed by atoms with Gasteiger partial charge >= 0.3 is 0 Å². The number of halogens is 2. The molecule has 45 heavy (non-hydrogen) atoms. The van der Waals surface area contributed by atoms with Crippen LogP contribution in [0.3, 0.4) is 0 Å². The number of hydrogen-bond donors (Lipinski definition) is 5. The second-order valence-corrected chi connectivity index (χ2v) is 11.3. The summed E-state index contributed by atoms with van der Waals surface area (Å²) < 4.78 is 13.5. The van der Waals surface area contributed by atoms with E-state index in [1.807, 2.05) is 18.2 Å². The molecule has 13 nitrogen and oxygen atoms in total. The van der Waals surface area contributed by atoms with Gasteiger partial charge in [0.25, 0.3) is 5.91 Å². The first kappa shape index (κ1) is 31.9. The van der Waals surface area contributed by atoms with Crippen LogP contribution < -0.4 is 26.2 Å². The van der Waals surface area contributed by atoms with E-state index in [1.165, 1.54) is 24.3 Å². The molecule has 3 amide bonds. The van der Waals surface area contributed by atoms with Crippen molar-refractivity contribution in [3.8, 4) is 0 Å². The van der Waals surface area contributed by atoms with Crippen molar-refractivity contribution < 1.29 is 23.9 Å². The monoisotopic (exact) mass is 639 g/mol. The number of anilines is 3. The lowest BCUT2D eigenvalue weighted by Crippen LogP contribution is -2.61. The smallest absolute Gasteiger partial charge is 0.254 e. The van der Waals surface area contributed by atoms with Gasteiger partial charge in [-0.05, 0) is 42.3 Å². The van der Waals surface area contributed by atoms with Crippen molar-refractivity contribution in [2.45, 2.75) is 24.9 Å². The van der Waals surface area contributed by atoms with E-state index in [-0.39, 0.29) is 74.3 Å². The number of aromatic nitrogens is 3. The Bertz CT molecular complexity index is 1530. The number of carbonyl (C=O) groups excluding carboxylic acids is 3. The van der Waals surface area contributed by atoms with Gasteiger partial charge in [-0.3, -0.25) is 14.4 Å². The summed E-state index contributed by atoms with van der Waals surface area (Å²) in [6.45, 7) is 1.11. The number of benzene rings is 2. The molecule has 5 N–H and O–H groups in total. The van der Waals surface area contributed by atoms with Crippen LogP contribution >= 0.6 is 11.6 Å². The Hall–Kier alpha value is -4.56. The van der Waals surface area contributed by atoms with Gasteiger partial charge in [0.1, 0.15) is 11.9 Å². The number of aliphatic hydroxyl groups excluding tert-OH is 1. The molecule has 1 aromatic heterocycles. The summed E-state index contributed by atoms with van der Waals surface area (Å²) in [7, 11) is 1.66. The summed E-state index contributed by atoms with van der Waals surface area (Å²) in [4.78, 5) is 55.6. The first-order valence-electron chi connectivity index (χ1n) is 14.7. The van der Waals surface area contributed by atoms with Crippen LogP contribution in [0, 0.1) is 11.7 Å². The molecular formula is C30H35ClFN9O4. The highest BCUT2D eigenvalue weighted by Gasteiger charge is 2.37. The highest BCUT2D eigenvalue weighted by atomic mass is 35.5. The number of piperazine rings is 1. The predicted molar refractivity (Wildman–Crippen MR) is 166 cm³/mol. The Balaban J connectivity index is 1.42. The summed E-state index contributed by atoms with van der Waals surface area (Å²) in [6, 6.07) is 11.2. The quantitative estimate of drug-likeness (QED) is 0.209. The Kier molecular flexibility index (Phi) is 10.2. The van der Waals surface area contributed by atoms with Crippen LogP contribution in [-0.2, 0) is 9.59 Å². The average molecular weight is 640 g/mol. The van der Waals surface area contributed by atoms with Gasteiger partial charge < -0.3 is 36.2 Å². The van der Waals surface area contributed by atoms with E-state index in [9.17, 15) is 23.9 Å². The molecule has 2 aliphatic heterocycles. The van der Waals surface area contributed by atoms with E-state index in [0.717, 1.165) is 5.56 Å². The number of aliphatic hydroxyl groups is 1. The summed E-state index contributed by atoms with van der Waals surface area (Å²) in [6.07, 6.45) is 0.645. The maximum absolute atomic E-state index is 13.7. The minimum Gasteiger partial charge on any atom is -0.396 e. The van der Waals surface area contributed by atoms with Crippen LogP contribution in [0.4, 0.5) is 22.2 Å². The zero-order chi connectivity index (χ0) is 31.9. The van der Waals surface area contributed by atoms with Crippen molar-refractivity contribution in [1.29, 1.82) is 0 Å². The van der Waals surface area contributed by atoms with Crippen LogP contribution in [0.2, 0.25) is 5.02 Å². The number of rotatable bonds is 11. The molecule has 0 saturated carbocycles. The molecule has 2 saturated heterocycles. The fourth-order valence-electron chi connectivity index (χ4n) is 5.40. The summed E-state index contributed by atoms with van der Waals surface area (Å²) in [5, 5.41) is 22.2. The van der Waals surface area contributed by atoms with Gasteiger partial charge in [-0.2, -0.15) is 15.0 Å². The summed E-state index contributed by atoms with van der Waals surface area (Å²) >= 11 is 6.45. The number of hydrogen-bond acceptors (Lipinski definition) is 10. The highest BCUT2D eigenvalue weighted by molar-refractivity contribution is 6.31. The van der Waals surface area contributed by atoms with E-state index in [0.29, 0.717) is 30.0 Å². The molecule has 3 atom stereocenters. The topological polar surface area (TPSA) is 165 Å². The normalized spacial score (nSPS) is 18.7. The van der Waals surface area contributed by atoms with E-state index < -0.39 is 17.9 Å². The van der Waals surface area contributed by atoms with Gasteiger partial charge in [-0.15, -0.1) is 0 Å². The third-order valence-electron chi connectivity index (χ3n) is 7.79. The van der Waals surface area contributed by atoms with Crippen LogP contribution in [0.1, 0.15) is 34.8 Å². The van der Waals surface area contributed by atoms with Crippen LogP contribution in [0.5, 0.6) is 0 Å². The molecule has 0 radical (unpaired) electrons. The molecule has 0 bridgehead atoms. The Labute approximate surface area is 264 Å². The maximum Gasteiger partial charge on any atom is 0.254 e. The minimum absolute atomic E-state index is 0.0139. The second-order valence-electron chi connectivity index (χ2n) is 10.8. The number of nitrogens with zero attached hydrogens (tertiary/aromatic N) is 5. The summed E-state index contributed by atoms with van der Waals surface area (Å²) in [5.74, 6) is -0.626. The first-order valence-corrected chi connectivity index (χ1v) is 15.0. The Morgan fingerprint density at radius 2 is 1.87 bits per heavy atom. The van der Waals surface area contributed by atoms with Gasteiger partial charge in [0.2, 0.25) is 29.7 Å². The van der Waals surface area contributed by atoms with Crippen LogP contribution in [0.25, 0.3) is 0 Å². The largest absolute Gasteiger partial charge is 0.396 e. The van der Waals surface area contributed by atoms with Crippen molar-refractivity contribution in [3.05, 3.63) is 70.5 Å². The lowest BCUT2D eigenvalue weighted by molar-refractivity contribution is -0.123. The number of nitrogens with one attached hydrogen (secondary N) is 4. The summed E-state index contributed by atoms with van der Waals surface area (Å²) in [5.41, 5.74) is 1.06. The van der Waals surface area contributed by atoms with E-state index in [1.54, 1.807) is 22.9 Å². The second kappa shape index (κ2) is 14.5. The SMILES string of the molecule is CNc1nc(NC(CCO)c2ccccc2Cl)nc(N2CCN(C(=O)c3ccc(F)cc3)CC2C(=O)NCC2CNC(=O)C2)n1. The zero-order valence-electron chi connectivity index (χ0n) is 24.7. The maximum atomic E-state index is 13.7. The molecular weight excluding hydrogens is 605 g/mol. The van der Waals surface area contributed by atoms with E-state index in [4.69, 9.17) is 11.6 Å². The lowest BCUT2D eigenvalue weighted by Gasteiger charge is -2.40. The van der Waals surface area contributed by atoms with Crippen molar-refractivity contribution in [1.82, 2.24) is 30.5 Å². The van der Waals surface area contributed by atoms with Crippen LogP contribution in [0.15, 0.2) is 48.5 Å². The molecule has 2 aliphatic rings. The fraction of sp³-hybridized carbons (Fsp3) is 0.400. The lowest BCUT2D eigenvalue weighted by atomic mass is 10.0. The van der Waals surface area contributed by atoms with Gasteiger partial charge in [0.15, 0.2) is 0 Å². The predicted octanol–water partition coefficient (Wildman–Crippen LogP) is 1.82. The molecule has 238 valence electrons. The molecule has 5 rings (SSSR count). The molecule has 0 spiro atoms. The molecule has 15 heteroatoms. The Morgan fingerprint density at radius 1 is 1.11 bits per heavy atom. The van der Waals surface area contributed by atoms with Crippen molar-refractivity contribution in [2.24, 2.45) is 5.92 Å². The molecule has 3 aromatic rings. The van der Waals surface area contributed by atoms with Gasteiger partial charge in [-0.25, -0.2) is 4.39 Å². The van der Waals surface area contributed by atoms with E-state index in [2.05, 4.69) is 36.2 Å². The van der Waals surface area contributed by atoms with Gasteiger partial charge in [0.05, 0.1) is 12.6 Å². The molecule has 0 aliphatic carbocycles. The standard InChI is InChI=1S/C30H35ClFN9O4/c1-33-28-37-29(36-23(10-13-42)21-4-2-3-5-22(21)31)39-30(38-28)41-12-11-40(27(45)19-6-8-20(32)9-7-19)17-24(41)26(44)35-16-18-14-25(43)34-15-18/h2-9,18,23-24,42H,10-17H2,1H3,(H,34,43)(H,35,44)(H2,33,36,37,38,39). The van der Waals surface area contributed by atoms with Crippen molar-refractivity contribution >= 4 is 47.2 Å². The number of amides is 3. The Morgan fingerprint density at radius 3 is 2.56 bits per heavy atom. The molecule has 2 fully saturated rings. The highest BCUT2D eigenvalue weighted by Crippen LogP contribution is 2.29. The average Bonchev–Trinajstić information content (AvgIpc) is 3.48. The van der Waals surface area contributed by atoms with Gasteiger partial charge in [-0.1, -0.05) is 29.8 Å². The third kappa shape index (κ3) is 7.75. The van der Waals surface area contributed by atoms with E-state index >= 15 is 0 Å². The third-order valence-corrected chi connectivity index (χ3v) is 8.14. The molecule has 2 aromatic carbocycles. The van der Waals surface area contributed by atoms with Crippen molar-refractivity contribution in [2.75, 3.05) is 61.9 Å². The zero-order valence-corrected chi connectivity index (χ0v) is 25.4. The van der Waals surface area contributed by atoms with Gasteiger partial charge in [0, 0.05) is 62.8 Å². The first-order chi connectivity index (χ1) is 21.7. The van der Waals surface area contributed by atoms with Crippen molar-refractivity contribution in [3.63, 3.8) is 0 Å². The fourth-order valence-corrected chi connectivity index (χ4v) is 5.66.